The van der Waals surface area contributed by atoms with Gasteiger partial charge in [-0.3, -0.25) is 0 Å². The van der Waals surface area contributed by atoms with E-state index in [-0.39, 0.29) is 23.5 Å². The third-order valence-electron chi connectivity index (χ3n) is 2.41. The molecule has 0 radical (unpaired) electrons. The fraction of sp³-hybridized carbons (Fsp3) is 0.333. The van der Waals surface area contributed by atoms with Gasteiger partial charge in [0.05, 0.1) is 6.10 Å². The van der Waals surface area contributed by atoms with E-state index in [0.29, 0.717) is 5.56 Å². The number of hydrogen-bond donors (Lipinski definition) is 8. The van der Waals surface area contributed by atoms with Gasteiger partial charge in [-0.15, -0.1) is 0 Å². The van der Waals surface area contributed by atoms with Gasteiger partial charge in [0.15, 0.2) is 23.7 Å². The van der Waals surface area contributed by atoms with E-state index in [2.05, 4.69) is 0 Å². The Morgan fingerprint density at radius 1 is 0.957 bits per heavy atom. The van der Waals surface area contributed by atoms with Gasteiger partial charge in [0.1, 0.15) is 0 Å². The third-order valence-corrected chi connectivity index (χ3v) is 2.41. The molecule has 132 valence electrons. The lowest BCUT2D eigenvalue weighted by molar-refractivity contribution is -0.165. The summed E-state index contributed by atoms with van der Waals surface area (Å²) in [6.45, 7) is 0.0875. The number of aliphatic hydroxyl groups is 3. The van der Waals surface area contributed by atoms with Crippen LogP contribution in [0.25, 0.3) is 0 Å². The van der Waals surface area contributed by atoms with E-state index in [9.17, 15) is 14.7 Å². The molecule has 0 spiro atoms. The molecule has 11 N–H and O–H groups in total. The van der Waals surface area contributed by atoms with Gasteiger partial charge in [0.2, 0.25) is 0 Å². The van der Waals surface area contributed by atoms with Gasteiger partial charge in [-0.25, -0.2) is 9.59 Å². The molecule has 3 atom stereocenters. The van der Waals surface area contributed by atoms with E-state index in [1.54, 1.807) is 0 Å². The molecule has 0 saturated heterocycles. The van der Waals surface area contributed by atoms with Crippen molar-refractivity contribution in [2.75, 3.05) is 6.54 Å². The molecule has 1 rings (SSSR count). The van der Waals surface area contributed by atoms with Crippen LogP contribution in [-0.4, -0.2) is 71.9 Å². The zero-order valence-corrected chi connectivity index (χ0v) is 11.7. The third kappa shape index (κ3) is 7.39. The van der Waals surface area contributed by atoms with Crippen molar-refractivity contribution < 1.29 is 50.8 Å². The Balaban J connectivity index is 0. The number of hydrogen-bond acceptors (Lipinski definition) is 8. The van der Waals surface area contributed by atoms with E-state index >= 15 is 0 Å². The monoisotopic (exact) mass is 337 g/mol. The minimum Gasteiger partial charge on any atom is -0.504 e. The summed E-state index contributed by atoms with van der Waals surface area (Å²) in [6.07, 6.45) is -5.33. The molecule has 0 aliphatic heterocycles. The first-order valence-electron chi connectivity index (χ1n) is 5.83. The summed E-state index contributed by atoms with van der Waals surface area (Å²) in [5.74, 6) is -3.99. The van der Waals surface area contributed by atoms with Crippen LogP contribution in [0.3, 0.4) is 0 Å². The second kappa shape index (κ2) is 10.3. The molecule has 0 unspecified atom stereocenters. The lowest BCUT2D eigenvalue weighted by atomic mass is 10.1. The van der Waals surface area contributed by atoms with Crippen molar-refractivity contribution in [3.8, 4) is 11.5 Å². The van der Waals surface area contributed by atoms with Crippen molar-refractivity contribution in [2.45, 2.75) is 18.3 Å². The largest absolute Gasteiger partial charge is 0.504 e. The Bertz CT molecular complexity index is 503. The van der Waals surface area contributed by atoms with Crippen molar-refractivity contribution >= 4 is 11.9 Å². The highest BCUT2D eigenvalue weighted by Gasteiger charge is 2.29. The molecule has 0 saturated carbocycles. The lowest BCUT2D eigenvalue weighted by Gasteiger charge is -2.08. The summed E-state index contributed by atoms with van der Waals surface area (Å²) in [7, 11) is 0. The summed E-state index contributed by atoms with van der Waals surface area (Å²) in [6, 6.07) is 4.10. The Morgan fingerprint density at radius 3 is 1.70 bits per heavy atom. The number of aliphatic carboxylic acids is 2. The molecule has 1 aromatic rings. The number of rotatable bonds is 5. The zero-order chi connectivity index (χ0) is 17.4. The Kier molecular flexibility index (Phi) is 10.2. The van der Waals surface area contributed by atoms with Crippen LogP contribution in [0.2, 0.25) is 0 Å². The number of carbonyl (C=O) groups is 2. The average Bonchev–Trinajstić information content (AvgIpc) is 2.48. The number of aromatic hydroxyl groups is 2. The fourth-order valence-electron chi connectivity index (χ4n) is 1.15. The molecule has 0 heterocycles. The van der Waals surface area contributed by atoms with Crippen molar-refractivity contribution in [1.29, 1.82) is 0 Å². The number of carboxylic acid groups (broad SMARTS) is 2. The van der Waals surface area contributed by atoms with E-state index in [1.165, 1.54) is 18.2 Å². The standard InChI is InChI=1S/C8H11NO3.C4H6O6.H2O/c9-4-8(12)5-1-2-6(10)7(11)3-5;5-1(3(7)8)2(6)4(9)10;/h1-3,8,10-12H,4,9H2;1-2,5-6H,(H,7,8)(H,9,10);1H2/t8-;1-,2-;/m11./s1. The van der Waals surface area contributed by atoms with Crippen LogP contribution in [-0.2, 0) is 9.59 Å². The second-order valence-corrected chi connectivity index (χ2v) is 4.07. The first-order chi connectivity index (χ1) is 10.1. The summed E-state index contributed by atoms with van der Waals surface area (Å²) in [4.78, 5) is 19.5. The maximum Gasteiger partial charge on any atom is 0.335 e. The van der Waals surface area contributed by atoms with Crippen LogP contribution in [0, 0.1) is 0 Å². The number of aliphatic hydroxyl groups excluding tert-OH is 3. The number of carboxylic acids is 2. The van der Waals surface area contributed by atoms with Gasteiger partial charge < -0.3 is 47.0 Å². The summed E-state index contributed by atoms with van der Waals surface area (Å²) in [5, 5.41) is 59.7. The Labute approximate surface area is 129 Å². The van der Waals surface area contributed by atoms with E-state index < -0.39 is 30.3 Å². The molecule has 0 bridgehead atoms. The molecule has 11 heteroatoms. The van der Waals surface area contributed by atoms with Gasteiger partial charge in [-0.2, -0.15) is 0 Å². The zero-order valence-electron chi connectivity index (χ0n) is 11.7. The van der Waals surface area contributed by atoms with Gasteiger partial charge in [-0.1, -0.05) is 6.07 Å². The van der Waals surface area contributed by atoms with Gasteiger partial charge >= 0.3 is 11.9 Å². The number of nitrogens with two attached hydrogens (primary N) is 1. The van der Waals surface area contributed by atoms with Crippen molar-refractivity contribution in [1.82, 2.24) is 0 Å². The lowest BCUT2D eigenvalue weighted by Crippen LogP contribution is -2.39. The molecule has 23 heavy (non-hydrogen) atoms. The maximum atomic E-state index is 9.77. The second-order valence-electron chi connectivity index (χ2n) is 4.07. The Hall–Kier alpha value is -2.44. The highest BCUT2D eigenvalue weighted by Crippen LogP contribution is 2.27. The summed E-state index contributed by atoms with van der Waals surface area (Å²) >= 11 is 0. The molecule has 0 fully saturated rings. The quantitative estimate of drug-likeness (QED) is 0.256. The molecule has 1 aromatic carbocycles. The van der Waals surface area contributed by atoms with E-state index in [0.717, 1.165) is 0 Å². The SMILES string of the molecule is NC[C@@H](O)c1ccc(O)c(O)c1.O.O=C(O)[C@H](O)[C@@H](O)C(=O)O. The average molecular weight is 337 g/mol. The first kappa shape index (κ1) is 22.8. The smallest absolute Gasteiger partial charge is 0.335 e. The van der Waals surface area contributed by atoms with Gasteiger partial charge in [-0.05, 0) is 17.7 Å². The van der Waals surface area contributed by atoms with Crippen LogP contribution in [0.1, 0.15) is 11.7 Å². The number of phenols is 2. The van der Waals surface area contributed by atoms with Crippen LogP contribution in [0.15, 0.2) is 18.2 Å². The molecular weight excluding hydrogens is 318 g/mol. The molecule has 0 aromatic heterocycles. The maximum absolute atomic E-state index is 9.77. The molecule has 11 nitrogen and oxygen atoms in total. The predicted octanol–water partition coefficient (Wildman–Crippen LogP) is -2.86. The molecular formula is C12H19NO10. The van der Waals surface area contributed by atoms with Gasteiger partial charge in [0, 0.05) is 6.54 Å². The highest BCUT2D eigenvalue weighted by molar-refractivity contribution is 5.83. The number of phenolic OH excluding ortho intramolecular Hbond substituents is 2. The highest BCUT2D eigenvalue weighted by atomic mass is 16.4. The normalized spacial score (nSPS) is 13.6. The minimum absolute atomic E-state index is 0. The summed E-state index contributed by atoms with van der Waals surface area (Å²) in [5.41, 5.74) is 5.69. The van der Waals surface area contributed by atoms with E-state index in [1.807, 2.05) is 0 Å². The fourth-order valence-corrected chi connectivity index (χ4v) is 1.15. The van der Waals surface area contributed by atoms with Crippen LogP contribution in [0.4, 0.5) is 0 Å². The molecule has 0 aliphatic rings. The topological polar surface area (TPSA) is 233 Å². The predicted molar refractivity (Wildman–Crippen MR) is 74.7 cm³/mol. The molecule has 0 amide bonds. The van der Waals surface area contributed by atoms with Crippen LogP contribution < -0.4 is 5.73 Å². The van der Waals surface area contributed by atoms with Gasteiger partial charge in [0.25, 0.3) is 0 Å². The number of benzene rings is 1. The van der Waals surface area contributed by atoms with Crippen LogP contribution in [0.5, 0.6) is 11.5 Å². The van der Waals surface area contributed by atoms with E-state index in [4.69, 9.17) is 36.4 Å². The Morgan fingerprint density at radius 2 is 1.39 bits per heavy atom. The van der Waals surface area contributed by atoms with Crippen molar-refractivity contribution in [2.24, 2.45) is 5.73 Å². The summed E-state index contributed by atoms with van der Waals surface area (Å²) < 4.78 is 0. The van der Waals surface area contributed by atoms with Crippen molar-refractivity contribution in [3.63, 3.8) is 0 Å². The van der Waals surface area contributed by atoms with Crippen LogP contribution >= 0.6 is 0 Å². The van der Waals surface area contributed by atoms with Crippen molar-refractivity contribution in [3.05, 3.63) is 23.8 Å². The molecule has 0 aliphatic carbocycles. The first-order valence-corrected chi connectivity index (χ1v) is 5.83. The minimum atomic E-state index is -2.27.